The van der Waals surface area contributed by atoms with E-state index in [0.717, 1.165) is 32.1 Å². The Bertz CT molecular complexity index is 955. The van der Waals surface area contributed by atoms with Crippen LogP contribution in [0.15, 0.2) is 47.6 Å². The zero-order valence-corrected chi connectivity index (χ0v) is 17.8. The molecule has 0 bridgehead atoms. The van der Waals surface area contributed by atoms with E-state index in [9.17, 15) is 13.2 Å². The summed E-state index contributed by atoms with van der Waals surface area (Å²) < 4.78 is 30.0. The largest absolute Gasteiger partial charge is 0.351 e. The number of nitrogens with zero attached hydrogens (tertiary/aromatic N) is 3. The van der Waals surface area contributed by atoms with Gasteiger partial charge in [0.25, 0.3) is 5.91 Å². The Labute approximate surface area is 173 Å². The van der Waals surface area contributed by atoms with E-state index in [2.05, 4.69) is 17.0 Å². The van der Waals surface area contributed by atoms with Crippen LogP contribution in [0.4, 0.5) is 0 Å². The number of carbonyl (C=O) groups excluding carboxylic acids is 1. The van der Waals surface area contributed by atoms with Crippen molar-refractivity contribution in [2.45, 2.75) is 50.0 Å². The van der Waals surface area contributed by atoms with Gasteiger partial charge < -0.3 is 9.47 Å². The summed E-state index contributed by atoms with van der Waals surface area (Å²) in [6.45, 7) is 4.29. The van der Waals surface area contributed by atoms with Crippen molar-refractivity contribution in [1.29, 1.82) is 0 Å². The summed E-state index contributed by atoms with van der Waals surface area (Å²) in [5.41, 5.74) is 1.16. The lowest BCUT2D eigenvalue weighted by molar-refractivity contribution is 0.0694. The minimum Gasteiger partial charge on any atom is -0.351 e. The summed E-state index contributed by atoms with van der Waals surface area (Å²) in [5, 5.41) is 0. The van der Waals surface area contributed by atoms with Crippen molar-refractivity contribution in [2.24, 2.45) is 0 Å². The molecule has 0 spiro atoms. The maximum Gasteiger partial charge on any atom is 0.253 e. The molecule has 2 fully saturated rings. The lowest BCUT2D eigenvalue weighted by atomic mass is 10.0. The van der Waals surface area contributed by atoms with Gasteiger partial charge in [0.15, 0.2) is 0 Å². The average Bonchev–Trinajstić information content (AvgIpc) is 3.29. The molecule has 2 aliphatic rings. The van der Waals surface area contributed by atoms with Gasteiger partial charge in [0.1, 0.15) is 0 Å². The maximum atomic E-state index is 13.1. The molecule has 0 saturated carbocycles. The van der Waals surface area contributed by atoms with Crippen LogP contribution in [0, 0.1) is 6.92 Å². The highest BCUT2D eigenvalue weighted by molar-refractivity contribution is 7.89. The Morgan fingerprint density at radius 1 is 0.966 bits per heavy atom. The Morgan fingerprint density at radius 2 is 1.62 bits per heavy atom. The number of aryl methyl sites for hydroxylation is 1. The first-order valence-corrected chi connectivity index (χ1v) is 11.9. The Morgan fingerprint density at radius 3 is 2.28 bits per heavy atom. The predicted molar refractivity (Wildman–Crippen MR) is 112 cm³/mol. The van der Waals surface area contributed by atoms with E-state index in [4.69, 9.17) is 0 Å². The Kier molecular flexibility index (Phi) is 5.79. The maximum absolute atomic E-state index is 13.1. The van der Waals surface area contributed by atoms with Gasteiger partial charge in [-0.2, -0.15) is 4.31 Å². The van der Waals surface area contributed by atoms with Crippen molar-refractivity contribution in [2.75, 3.05) is 26.2 Å². The fourth-order valence-electron chi connectivity index (χ4n) is 4.40. The van der Waals surface area contributed by atoms with Gasteiger partial charge in [-0.3, -0.25) is 4.79 Å². The molecule has 3 heterocycles. The van der Waals surface area contributed by atoms with Gasteiger partial charge in [-0.25, -0.2) is 8.42 Å². The third kappa shape index (κ3) is 4.12. The molecule has 7 heteroatoms. The van der Waals surface area contributed by atoms with Crippen molar-refractivity contribution in [3.05, 3.63) is 53.9 Å². The first-order valence-electron chi connectivity index (χ1n) is 10.5. The molecule has 1 amide bonds. The molecular weight excluding hydrogens is 386 g/mol. The summed E-state index contributed by atoms with van der Waals surface area (Å²) in [6, 6.07) is 9.56. The number of aromatic nitrogens is 1. The molecule has 29 heavy (non-hydrogen) atoms. The smallest absolute Gasteiger partial charge is 0.253 e. The SMILES string of the molecule is Cc1ccc(C(=O)N2CCC(n3cccc3)CC2)cc1S(=O)(=O)N1CCCCC1. The third-order valence-electron chi connectivity index (χ3n) is 6.17. The number of hydrogen-bond donors (Lipinski definition) is 0. The second-order valence-electron chi connectivity index (χ2n) is 8.10. The Hall–Kier alpha value is -2.12. The Balaban J connectivity index is 1.50. The number of amides is 1. The molecule has 0 atom stereocenters. The number of carbonyl (C=O) groups is 1. The predicted octanol–water partition coefficient (Wildman–Crippen LogP) is 3.45. The molecular formula is C22H29N3O3S. The van der Waals surface area contributed by atoms with Gasteiger partial charge >= 0.3 is 0 Å². The van der Waals surface area contributed by atoms with E-state index in [0.29, 0.717) is 43.3 Å². The molecule has 2 saturated heterocycles. The molecule has 1 aromatic heterocycles. The number of rotatable bonds is 4. The second-order valence-corrected chi connectivity index (χ2v) is 10.0. The lowest BCUT2D eigenvalue weighted by Crippen LogP contribution is -2.39. The van der Waals surface area contributed by atoms with Crippen LogP contribution in [0.5, 0.6) is 0 Å². The minimum absolute atomic E-state index is 0.0777. The zero-order valence-electron chi connectivity index (χ0n) is 17.0. The zero-order chi connectivity index (χ0) is 20.4. The van der Waals surface area contributed by atoms with Gasteiger partial charge in [0.2, 0.25) is 10.0 Å². The molecule has 2 aliphatic heterocycles. The van der Waals surface area contributed by atoms with Crippen molar-refractivity contribution in [3.8, 4) is 0 Å². The van der Waals surface area contributed by atoms with Crippen molar-refractivity contribution in [1.82, 2.24) is 13.8 Å². The number of sulfonamides is 1. The molecule has 156 valence electrons. The molecule has 1 aromatic carbocycles. The summed E-state index contributed by atoms with van der Waals surface area (Å²) in [4.78, 5) is 15.2. The van der Waals surface area contributed by atoms with E-state index in [-0.39, 0.29) is 10.8 Å². The van der Waals surface area contributed by atoms with Crippen LogP contribution in [0.25, 0.3) is 0 Å². The van der Waals surface area contributed by atoms with Crippen molar-refractivity contribution in [3.63, 3.8) is 0 Å². The fourth-order valence-corrected chi connectivity index (χ4v) is 6.16. The molecule has 0 radical (unpaired) electrons. The molecule has 0 unspecified atom stereocenters. The van der Waals surface area contributed by atoms with Gasteiger partial charge in [-0.1, -0.05) is 12.5 Å². The normalized spacial score (nSPS) is 19.4. The van der Waals surface area contributed by atoms with Gasteiger partial charge in [-0.05, 0) is 62.4 Å². The molecule has 2 aromatic rings. The minimum atomic E-state index is -3.56. The average molecular weight is 416 g/mol. The summed E-state index contributed by atoms with van der Waals surface area (Å²) >= 11 is 0. The third-order valence-corrected chi connectivity index (χ3v) is 8.21. The highest BCUT2D eigenvalue weighted by Gasteiger charge is 2.29. The van der Waals surface area contributed by atoms with Crippen LogP contribution in [-0.2, 0) is 10.0 Å². The van der Waals surface area contributed by atoms with Crippen LogP contribution < -0.4 is 0 Å². The monoisotopic (exact) mass is 415 g/mol. The molecule has 4 rings (SSSR count). The summed E-state index contributed by atoms with van der Waals surface area (Å²) in [7, 11) is -3.56. The van der Waals surface area contributed by atoms with E-state index in [1.54, 1.807) is 29.4 Å². The van der Waals surface area contributed by atoms with Crippen LogP contribution in [0.1, 0.15) is 54.1 Å². The lowest BCUT2D eigenvalue weighted by Gasteiger charge is -2.33. The standard InChI is InChI=1S/C22H29N3O3S/c1-18-7-8-19(17-21(18)29(27,28)25-13-3-2-4-14-25)22(26)24-15-9-20(10-16-24)23-11-5-6-12-23/h5-8,11-12,17,20H,2-4,9-10,13-16H2,1H3. The van der Waals surface area contributed by atoms with E-state index >= 15 is 0 Å². The second kappa shape index (κ2) is 8.32. The van der Waals surface area contributed by atoms with Crippen molar-refractivity contribution < 1.29 is 13.2 Å². The fraction of sp³-hybridized carbons (Fsp3) is 0.500. The highest BCUT2D eigenvalue weighted by atomic mass is 32.2. The van der Waals surface area contributed by atoms with Crippen molar-refractivity contribution >= 4 is 15.9 Å². The van der Waals surface area contributed by atoms with E-state index < -0.39 is 10.0 Å². The highest BCUT2D eigenvalue weighted by Crippen LogP contribution is 2.27. The van der Waals surface area contributed by atoms with Gasteiger partial charge in [0, 0.05) is 50.2 Å². The van der Waals surface area contributed by atoms with Crippen LogP contribution in [0.3, 0.4) is 0 Å². The number of hydrogen-bond acceptors (Lipinski definition) is 3. The van der Waals surface area contributed by atoms with Crippen LogP contribution >= 0.6 is 0 Å². The number of benzene rings is 1. The van der Waals surface area contributed by atoms with E-state index in [1.807, 2.05) is 17.0 Å². The molecule has 0 N–H and O–H groups in total. The topological polar surface area (TPSA) is 62.6 Å². The van der Waals surface area contributed by atoms with Crippen LogP contribution in [-0.4, -0.2) is 54.3 Å². The van der Waals surface area contributed by atoms with Crippen LogP contribution in [0.2, 0.25) is 0 Å². The quantitative estimate of drug-likeness (QED) is 0.768. The van der Waals surface area contributed by atoms with Gasteiger partial charge in [-0.15, -0.1) is 0 Å². The van der Waals surface area contributed by atoms with E-state index in [1.165, 1.54) is 0 Å². The first-order chi connectivity index (χ1) is 14.0. The van der Waals surface area contributed by atoms with Gasteiger partial charge in [0.05, 0.1) is 4.90 Å². The first kappa shape index (κ1) is 20.2. The molecule has 6 nitrogen and oxygen atoms in total. The summed E-state index contributed by atoms with van der Waals surface area (Å²) in [5.74, 6) is -0.0777. The molecule has 0 aliphatic carbocycles. The number of likely N-dealkylation sites (tertiary alicyclic amines) is 1. The summed E-state index contributed by atoms with van der Waals surface area (Å²) in [6.07, 6.45) is 8.82. The number of piperidine rings is 2.